The minimum Gasteiger partial charge on any atom is -0.0533 e. The van der Waals surface area contributed by atoms with E-state index in [-0.39, 0.29) is 0 Å². The molecule has 0 bridgehead atoms. The highest BCUT2D eigenvalue weighted by Crippen LogP contribution is 2.17. The van der Waals surface area contributed by atoms with E-state index in [1.807, 2.05) is 0 Å². The van der Waals surface area contributed by atoms with Crippen LogP contribution in [0.25, 0.3) is 0 Å². The van der Waals surface area contributed by atoms with Crippen molar-refractivity contribution >= 4 is 0 Å². The molecule has 0 spiro atoms. The van der Waals surface area contributed by atoms with E-state index in [9.17, 15) is 0 Å². The fourth-order valence-corrected chi connectivity index (χ4v) is 2.00. The van der Waals surface area contributed by atoms with Gasteiger partial charge in [0.1, 0.15) is 0 Å². The molecule has 192 valence electrons. The van der Waals surface area contributed by atoms with Crippen molar-refractivity contribution < 1.29 is 0 Å². The third kappa shape index (κ3) is 24.6. The van der Waals surface area contributed by atoms with Crippen molar-refractivity contribution in [2.75, 3.05) is 0 Å². The Labute approximate surface area is 205 Å². The van der Waals surface area contributed by atoms with E-state index in [2.05, 4.69) is 0 Å². The first-order valence-electron chi connectivity index (χ1n) is 16.0. The van der Waals surface area contributed by atoms with Crippen LogP contribution in [-0.2, 0) is 0 Å². The van der Waals surface area contributed by atoms with Gasteiger partial charge in [0.05, 0.1) is 0 Å². The van der Waals surface area contributed by atoms with Crippen LogP contribution in [0.1, 0.15) is 205 Å². The Morgan fingerprint density at radius 1 is 0.0625 bits per heavy atom. The summed E-state index contributed by atoms with van der Waals surface area (Å²) in [6.07, 6.45) is 48.0. The highest BCUT2D eigenvalue weighted by Gasteiger charge is 1.98. The van der Waals surface area contributed by atoms with Gasteiger partial charge in [-0.05, 0) is 0 Å². The third-order valence-corrected chi connectivity index (χ3v) is 8.00. The van der Waals surface area contributed by atoms with E-state index in [0.29, 0.717) is 0 Å². The van der Waals surface area contributed by atoms with Gasteiger partial charge in [0.2, 0.25) is 0 Å². The molecule has 8 fully saturated rings. The van der Waals surface area contributed by atoms with Crippen molar-refractivity contribution in [3.8, 4) is 0 Å². The molecule has 0 N–H and O–H groups in total. The molecule has 0 heterocycles. The van der Waals surface area contributed by atoms with Gasteiger partial charge in [0.25, 0.3) is 0 Å². The summed E-state index contributed by atoms with van der Waals surface area (Å²) in [7, 11) is 0. The molecule has 0 atom stereocenters. The van der Waals surface area contributed by atoms with E-state index < -0.39 is 0 Å². The van der Waals surface area contributed by atoms with E-state index in [4.69, 9.17) is 0 Å². The number of hydrogen-bond donors (Lipinski definition) is 0. The van der Waals surface area contributed by atoms with Crippen molar-refractivity contribution in [2.24, 2.45) is 0 Å². The lowest BCUT2D eigenvalue weighted by molar-refractivity contribution is 0.504. The van der Waals surface area contributed by atoms with Crippen LogP contribution < -0.4 is 0 Å². The second-order valence-electron chi connectivity index (χ2n) is 11.3. The van der Waals surface area contributed by atoms with E-state index in [0.717, 1.165) is 0 Å². The average Bonchev–Trinajstić information content (AvgIpc) is 2.16. The molecule has 8 rings (SSSR count). The van der Waals surface area contributed by atoms with E-state index in [1.54, 1.807) is 0 Å². The lowest BCUT2D eigenvalue weighted by Crippen LogP contribution is -1.85. The summed E-state index contributed by atoms with van der Waals surface area (Å²) in [5.41, 5.74) is 0. The topological polar surface area (TPSA) is 0 Å². The van der Waals surface area contributed by atoms with Crippen LogP contribution in [-0.4, -0.2) is 0 Å². The molecule has 8 aliphatic rings. The molecule has 8 aliphatic carbocycles. The Balaban J connectivity index is 0.000000183. The van der Waals surface area contributed by atoms with Crippen LogP contribution >= 0.6 is 0 Å². The normalized spacial score (nSPS) is 24.0. The molecule has 0 aromatic rings. The van der Waals surface area contributed by atoms with Crippen LogP contribution in [0.4, 0.5) is 0 Å². The Kier molecular flexibility index (Phi) is 25.6. The fourth-order valence-electron chi connectivity index (χ4n) is 2.00. The van der Waals surface area contributed by atoms with E-state index >= 15 is 0 Å². The molecule has 0 aromatic carbocycles. The molecule has 0 amide bonds. The summed E-state index contributed by atoms with van der Waals surface area (Å²) < 4.78 is 0. The van der Waals surface area contributed by atoms with Gasteiger partial charge in [0, 0.05) is 0 Å². The van der Waals surface area contributed by atoms with Gasteiger partial charge in [0.15, 0.2) is 0 Å². The number of hydrogen-bond acceptors (Lipinski definition) is 0. The molecule has 0 radical (unpaired) electrons. The second kappa shape index (κ2) is 27.2. The average molecular weight is 449 g/mol. The highest BCUT2D eigenvalue weighted by atomic mass is 14.0. The molecule has 8 saturated carbocycles. The van der Waals surface area contributed by atoms with Crippen LogP contribution in [0.15, 0.2) is 0 Å². The predicted molar refractivity (Wildman–Crippen MR) is 148 cm³/mol. The maximum absolute atomic E-state index is 1.50. The van der Waals surface area contributed by atoms with Gasteiger partial charge in [-0.15, -0.1) is 0 Å². The first-order valence-corrected chi connectivity index (χ1v) is 16.0. The molecule has 32 heavy (non-hydrogen) atoms. The van der Waals surface area contributed by atoms with Gasteiger partial charge in [-0.25, -0.2) is 0 Å². The minimum absolute atomic E-state index is 1.50. The molecular weight excluding hydrogens is 384 g/mol. The zero-order chi connectivity index (χ0) is 22.6. The summed E-state index contributed by atoms with van der Waals surface area (Å²) in [4.78, 5) is 0. The minimum atomic E-state index is 1.50. The monoisotopic (exact) mass is 449 g/mol. The van der Waals surface area contributed by atoms with Gasteiger partial charge < -0.3 is 0 Å². The predicted octanol–water partition coefficient (Wildman–Crippen LogP) is 12.5. The van der Waals surface area contributed by atoms with Gasteiger partial charge >= 0.3 is 0 Å². The lowest BCUT2D eigenvalue weighted by Gasteiger charge is -2.05. The molecule has 0 aliphatic heterocycles. The van der Waals surface area contributed by atoms with Gasteiger partial charge in [-0.2, -0.15) is 0 Å². The second-order valence-corrected chi connectivity index (χ2v) is 11.3. The first-order chi connectivity index (χ1) is 16.0. The largest absolute Gasteiger partial charge is 0.0533 e. The van der Waals surface area contributed by atoms with Crippen LogP contribution in [0.2, 0.25) is 0 Å². The molecular formula is C32H64. The number of rotatable bonds is 0. The Bertz CT molecular complexity index is 160. The quantitative estimate of drug-likeness (QED) is 0.345. The van der Waals surface area contributed by atoms with Crippen LogP contribution in [0.5, 0.6) is 0 Å². The lowest BCUT2D eigenvalue weighted by atomic mass is 10.0. The Morgan fingerprint density at radius 3 is 0.0938 bits per heavy atom. The molecule has 0 nitrogen and oxygen atoms in total. The Morgan fingerprint density at radius 2 is 0.0938 bits per heavy atom. The zero-order valence-electron chi connectivity index (χ0n) is 22.6. The van der Waals surface area contributed by atoms with Gasteiger partial charge in [-0.1, -0.05) is 205 Å². The standard InChI is InChI=1S/8C4H8/c8*1-2-4-3-1/h8*1-4H2. The van der Waals surface area contributed by atoms with Crippen LogP contribution in [0, 0.1) is 0 Å². The van der Waals surface area contributed by atoms with Crippen molar-refractivity contribution in [1.82, 2.24) is 0 Å². The van der Waals surface area contributed by atoms with Crippen molar-refractivity contribution in [2.45, 2.75) is 205 Å². The SMILES string of the molecule is C1CCC1.C1CCC1.C1CCC1.C1CCC1.C1CCC1.C1CCC1.C1CCC1.C1CCC1. The smallest absolute Gasteiger partial charge is 0.0533 e. The molecule has 0 aromatic heterocycles. The van der Waals surface area contributed by atoms with E-state index in [1.165, 1.54) is 205 Å². The van der Waals surface area contributed by atoms with Gasteiger partial charge in [-0.3, -0.25) is 0 Å². The molecule has 0 saturated heterocycles. The zero-order valence-corrected chi connectivity index (χ0v) is 22.6. The first kappa shape index (κ1) is 30.0. The third-order valence-electron chi connectivity index (χ3n) is 8.00. The maximum atomic E-state index is 1.50. The Hall–Kier alpha value is 0. The fraction of sp³-hybridized carbons (Fsp3) is 1.00. The highest BCUT2D eigenvalue weighted by molar-refractivity contribution is 4.53. The summed E-state index contributed by atoms with van der Waals surface area (Å²) in [5.74, 6) is 0. The summed E-state index contributed by atoms with van der Waals surface area (Å²) in [6, 6.07) is 0. The van der Waals surface area contributed by atoms with Crippen LogP contribution in [0.3, 0.4) is 0 Å². The summed E-state index contributed by atoms with van der Waals surface area (Å²) in [6.45, 7) is 0. The molecule has 0 heteroatoms. The van der Waals surface area contributed by atoms with Crippen molar-refractivity contribution in [3.63, 3.8) is 0 Å². The summed E-state index contributed by atoms with van der Waals surface area (Å²) in [5, 5.41) is 0. The molecule has 0 unspecified atom stereocenters. The maximum Gasteiger partial charge on any atom is -0.0533 e. The van der Waals surface area contributed by atoms with Crippen molar-refractivity contribution in [1.29, 1.82) is 0 Å². The summed E-state index contributed by atoms with van der Waals surface area (Å²) >= 11 is 0. The van der Waals surface area contributed by atoms with Crippen molar-refractivity contribution in [3.05, 3.63) is 0 Å².